The molecule has 0 unspecified atom stereocenters. The molecule has 0 saturated heterocycles. The number of nitrogens with zero attached hydrogens (tertiary/aromatic N) is 2. The Kier molecular flexibility index (Phi) is 25.7. The number of allylic oxidation sites excluding steroid dienone is 1. The van der Waals surface area contributed by atoms with Crippen molar-refractivity contribution in [2.45, 2.75) is 188 Å². The topological polar surface area (TPSA) is 24.7 Å². The van der Waals surface area contributed by atoms with E-state index in [1.165, 1.54) is 153 Å². The largest absolute Gasteiger partial charge is 0.252 e. The van der Waals surface area contributed by atoms with Crippen LogP contribution < -0.4 is 0 Å². The highest BCUT2D eigenvalue weighted by Gasteiger charge is 2.11. The minimum atomic E-state index is 0.981. The minimum absolute atomic E-state index is 0.981. The lowest BCUT2D eigenvalue weighted by Gasteiger charge is -2.11. The molecule has 2 heteroatoms. The molecule has 0 fully saturated rings. The monoisotopic (exact) mass is 641 g/mol. The molecule has 0 aliphatic rings. The van der Waals surface area contributed by atoms with E-state index in [0.717, 1.165) is 42.8 Å². The summed E-state index contributed by atoms with van der Waals surface area (Å²) in [7, 11) is 0. The zero-order valence-corrected chi connectivity index (χ0v) is 31.1. The number of hydrogen-bond acceptors (Lipinski definition) is 2. The van der Waals surface area contributed by atoms with Gasteiger partial charge in [-0.3, -0.25) is 9.98 Å². The molecule has 2 rings (SSSR count). The Hall–Kier alpha value is -2.48. The zero-order chi connectivity index (χ0) is 33.5. The Balaban J connectivity index is 1.73. The van der Waals surface area contributed by atoms with E-state index in [1.807, 2.05) is 0 Å². The summed E-state index contributed by atoms with van der Waals surface area (Å²) in [5.74, 6) is 0. The van der Waals surface area contributed by atoms with Gasteiger partial charge in [-0.05, 0) is 68.4 Å². The molecule has 0 saturated carbocycles. The molecule has 0 N–H and O–H groups in total. The fourth-order valence-corrected chi connectivity index (χ4v) is 6.31. The van der Waals surface area contributed by atoms with Crippen LogP contribution >= 0.6 is 0 Å². The molecule has 0 aliphatic heterocycles. The smallest absolute Gasteiger partial charge is 0.0639 e. The van der Waals surface area contributed by atoms with Crippen LogP contribution in [0.5, 0.6) is 0 Å². The number of para-hydroxylation sites is 1. The first-order chi connectivity index (χ1) is 23.3. The van der Waals surface area contributed by atoms with Crippen LogP contribution in [0.3, 0.4) is 0 Å². The quantitative estimate of drug-likeness (QED) is 0.0599. The van der Waals surface area contributed by atoms with E-state index in [-0.39, 0.29) is 0 Å². The summed E-state index contributed by atoms with van der Waals surface area (Å²) < 4.78 is 0. The molecule has 47 heavy (non-hydrogen) atoms. The predicted molar refractivity (Wildman–Crippen MR) is 213 cm³/mol. The van der Waals surface area contributed by atoms with Crippen molar-refractivity contribution in [1.29, 1.82) is 0 Å². The van der Waals surface area contributed by atoms with Crippen LogP contribution in [-0.2, 0) is 0 Å². The van der Waals surface area contributed by atoms with Crippen molar-refractivity contribution in [2.75, 3.05) is 0 Å². The van der Waals surface area contributed by atoms with Crippen molar-refractivity contribution in [3.05, 3.63) is 66.2 Å². The van der Waals surface area contributed by atoms with Gasteiger partial charge >= 0.3 is 0 Å². The second kappa shape index (κ2) is 29.6. The predicted octanol–water partition coefficient (Wildman–Crippen LogP) is 15.7. The number of unbranched alkanes of at least 4 members (excludes halogenated alkanes) is 21. The molecule has 262 valence electrons. The molecule has 0 heterocycles. The van der Waals surface area contributed by atoms with E-state index >= 15 is 0 Å². The van der Waals surface area contributed by atoms with Gasteiger partial charge in [0, 0.05) is 0 Å². The van der Waals surface area contributed by atoms with Crippen molar-refractivity contribution in [3.8, 4) is 0 Å². The van der Waals surface area contributed by atoms with Crippen LogP contribution in [0.4, 0.5) is 11.4 Å². The standard InChI is InChI=1S/C45H72N2/c1-4-7-10-12-13-14-15-16-17-18-19-20-21-22-23-24-25-26-28-33-41-34-32-37-43(40-41)47-44(38-9-6-3)45(39-31-11-8-5-2)46-42-35-29-27-30-36-42/h27-30,32-37,40H,4-26,31,38-39H2,1-3H3. The van der Waals surface area contributed by atoms with E-state index in [2.05, 4.69) is 87.5 Å². The Morgan fingerprint density at radius 2 is 0.894 bits per heavy atom. The lowest BCUT2D eigenvalue weighted by Crippen LogP contribution is -2.14. The van der Waals surface area contributed by atoms with Gasteiger partial charge in [0.25, 0.3) is 0 Å². The van der Waals surface area contributed by atoms with Crippen molar-refractivity contribution in [1.82, 2.24) is 0 Å². The maximum atomic E-state index is 5.24. The second-order valence-electron chi connectivity index (χ2n) is 13.8. The van der Waals surface area contributed by atoms with Crippen LogP contribution in [0.1, 0.15) is 193 Å². The van der Waals surface area contributed by atoms with Crippen molar-refractivity contribution in [3.63, 3.8) is 0 Å². The Morgan fingerprint density at radius 1 is 0.447 bits per heavy atom. The molecule has 2 nitrogen and oxygen atoms in total. The molecule has 2 aromatic rings. The lowest BCUT2D eigenvalue weighted by molar-refractivity contribution is 0.527. The third-order valence-corrected chi connectivity index (χ3v) is 9.31. The Morgan fingerprint density at radius 3 is 1.45 bits per heavy atom. The summed E-state index contributed by atoms with van der Waals surface area (Å²) in [6, 6.07) is 19.2. The normalized spacial score (nSPS) is 12.4. The molecule has 0 radical (unpaired) electrons. The number of benzene rings is 2. The highest BCUT2D eigenvalue weighted by molar-refractivity contribution is 6.43. The van der Waals surface area contributed by atoms with Crippen molar-refractivity contribution >= 4 is 28.9 Å². The van der Waals surface area contributed by atoms with Gasteiger partial charge in [-0.1, -0.05) is 192 Å². The van der Waals surface area contributed by atoms with Gasteiger partial charge in [-0.2, -0.15) is 0 Å². The first-order valence-electron chi connectivity index (χ1n) is 20.2. The van der Waals surface area contributed by atoms with Gasteiger partial charge in [0.2, 0.25) is 0 Å². The summed E-state index contributed by atoms with van der Waals surface area (Å²) >= 11 is 0. The maximum Gasteiger partial charge on any atom is 0.0639 e. The van der Waals surface area contributed by atoms with Crippen molar-refractivity contribution < 1.29 is 0 Å². The molecule has 0 bridgehead atoms. The van der Waals surface area contributed by atoms with Gasteiger partial charge in [0.15, 0.2) is 0 Å². The van der Waals surface area contributed by atoms with E-state index in [4.69, 9.17) is 9.98 Å². The molecule has 0 atom stereocenters. The molecular formula is C45H72N2. The highest BCUT2D eigenvalue weighted by Crippen LogP contribution is 2.21. The first kappa shape index (κ1) is 40.7. The summed E-state index contributed by atoms with van der Waals surface area (Å²) in [6.45, 7) is 6.84. The average Bonchev–Trinajstić information content (AvgIpc) is 3.09. The maximum absolute atomic E-state index is 5.24. The zero-order valence-electron chi connectivity index (χ0n) is 31.1. The molecule has 0 aliphatic carbocycles. The molecule has 0 spiro atoms. The molecular weight excluding hydrogens is 569 g/mol. The Bertz CT molecular complexity index is 1080. The second-order valence-corrected chi connectivity index (χ2v) is 13.8. The third-order valence-electron chi connectivity index (χ3n) is 9.31. The number of rotatable bonds is 30. The van der Waals surface area contributed by atoms with Crippen LogP contribution in [0.25, 0.3) is 6.08 Å². The highest BCUT2D eigenvalue weighted by atomic mass is 14.8. The van der Waals surface area contributed by atoms with E-state index in [1.54, 1.807) is 0 Å². The molecule has 2 aromatic carbocycles. The summed E-state index contributed by atoms with van der Waals surface area (Å²) in [5, 5.41) is 0. The van der Waals surface area contributed by atoms with E-state index in [9.17, 15) is 0 Å². The Labute approximate surface area is 292 Å². The van der Waals surface area contributed by atoms with Crippen LogP contribution in [0, 0.1) is 0 Å². The minimum Gasteiger partial charge on any atom is -0.252 e. The average molecular weight is 641 g/mol. The van der Waals surface area contributed by atoms with E-state index < -0.39 is 0 Å². The first-order valence-corrected chi connectivity index (χ1v) is 20.2. The third kappa shape index (κ3) is 21.9. The van der Waals surface area contributed by atoms with Crippen molar-refractivity contribution in [2.24, 2.45) is 9.98 Å². The SMILES string of the molecule is CCCCCCCCCCCCCCCCCCCC=Cc1cccc(N=C(CCCC)C(CCCCCC)=Nc2ccccc2)c1. The molecule has 0 amide bonds. The summed E-state index contributed by atoms with van der Waals surface area (Å²) in [6.07, 6.45) is 39.3. The summed E-state index contributed by atoms with van der Waals surface area (Å²) in [5.41, 5.74) is 5.66. The fourth-order valence-electron chi connectivity index (χ4n) is 6.31. The van der Waals surface area contributed by atoms with E-state index in [0.29, 0.717) is 0 Å². The fraction of sp³-hybridized carbons (Fsp3) is 0.644. The van der Waals surface area contributed by atoms with Crippen LogP contribution in [-0.4, -0.2) is 11.4 Å². The van der Waals surface area contributed by atoms with Gasteiger partial charge in [0.1, 0.15) is 0 Å². The summed E-state index contributed by atoms with van der Waals surface area (Å²) in [4.78, 5) is 10.4. The number of aliphatic imine (C=N–C) groups is 2. The van der Waals surface area contributed by atoms with Gasteiger partial charge in [-0.15, -0.1) is 0 Å². The number of hydrogen-bond donors (Lipinski definition) is 0. The van der Waals surface area contributed by atoms with Crippen LogP contribution in [0.2, 0.25) is 0 Å². The van der Waals surface area contributed by atoms with Gasteiger partial charge < -0.3 is 0 Å². The van der Waals surface area contributed by atoms with Crippen LogP contribution in [0.15, 0.2) is 70.7 Å². The molecule has 0 aromatic heterocycles. The lowest BCUT2D eigenvalue weighted by atomic mass is 10.0. The van der Waals surface area contributed by atoms with Gasteiger partial charge in [0.05, 0.1) is 22.8 Å². The van der Waals surface area contributed by atoms with Gasteiger partial charge in [-0.25, -0.2) is 0 Å².